The molecule has 0 unspecified atom stereocenters. The summed E-state index contributed by atoms with van der Waals surface area (Å²) in [6.07, 6.45) is 18.5. The molecule has 1 heterocycles. The van der Waals surface area contributed by atoms with E-state index in [1.807, 2.05) is 10.5 Å². The second-order valence-electron chi connectivity index (χ2n) is 13.4. The molecule has 8 aliphatic rings. The minimum Gasteiger partial charge on any atom is -0.291 e. The Labute approximate surface area is 197 Å². The normalized spacial score (nSPS) is 46.2. The molecule has 1 nitrogen and oxygen atoms in total. The van der Waals surface area contributed by atoms with Crippen molar-refractivity contribution in [3.8, 4) is 5.69 Å². The van der Waals surface area contributed by atoms with Gasteiger partial charge in [-0.25, -0.2) is 0 Å². The molecule has 8 aliphatic carbocycles. The molecule has 168 valence electrons. The fourth-order valence-corrected chi connectivity index (χ4v) is 14.2. The van der Waals surface area contributed by atoms with E-state index in [1.165, 1.54) is 49.8 Å². The first-order chi connectivity index (χ1) is 15.6. The third-order valence-corrected chi connectivity index (χ3v) is 14.5. The molecule has 2 aromatic rings. The highest BCUT2D eigenvalue weighted by molar-refractivity contribution is 7.47. The summed E-state index contributed by atoms with van der Waals surface area (Å²) in [4.78, 5) is 0. The zero-order valence-electron chi connectivity index (χ0n) is 19.6. The Morgan fingerprint density at radius 1 is 0.656 bits per heavy atom. The van der Waals surface area contributed by atoms with E-state index in [9.17, 15) is 0 Å². The van der Waals surface area contributed by atoms with Crippen molar-refractivity contribution >= 4 is 16.5 Å². The molecule has 8 bridgehead atoms. The van der Waals surface area contributed by atoms with Gasteiger partial charge in [0.2, 0.25) is 0 Å². The predicted molar refractivity (Wildman–Crippen MR) is 135 cm³/mol. The largest absolute Gasteiger partial charge is 0.291 e. The SMILES string of the molecule is Cc1ccc(-n2pc(C34CC5CC(CC(C5)C3)C4)pc2C23CC4CC(CC(C4)C2)C3)cc1. The first-order valence-corrected chi connectivity index (χ1v) is 15.4. The number of hydrogen-bond donors (Lipinski definition) is 0. The molecule has 0 amide bonds. The molecule has 0 radical (unpaired) electrons. The van der Waals surface area contributed by atoms with Crippen LogP contribution in [0.5, 0.6) is 0 Å². The topological polar surface area (TPSA) is 4.93 Å². The van der Waals surface area contributed by atoms with Gasteiger partial charge in [0, 0.05) is 29.9 Å². The van der Waals surface area contributed by atoms with Crippen LogP contribution in [0.25, 0.3) is 5.69 Å². The van der Waals surface area contributed by atoms with Gasteiger partial charge in [0.05, 0.1) is 5.43 Å². The molecule has 0 N–H and O–H groups in total. The minimum atomic E-state index is 0.526. The maximum Gasteiger partial charge on any atom is 0.0608 e. The molecule has 10 rings (SSSR count). The van der Waals surface area contributed by atoms with E-state index in [-0.39, 0.29) is 0 Å². The van der Waals surface area contributed by atoms with Crippen molar-refractivity contribution in [1.82, 2.24) is 4.33 Å². The molecule has 32 heavy (non-hydrogen) atoms. The molecule has 1 aromatic carbocycles. The van der Waals surface area contributed by atoms with Gasteiger partial charge in [-0.1, -0.05) is 17.7 Å². The lowest BCUT2D eigenvalue weighted by Crippen LogP contribution is -2.49. The first kappa shape index (κ1) is 19.6. The fourth-order valence-electron chi connectivity index (χ4n) is 10.5. The lowest BCUT2D eigenvalue weighted by molar-refractivity contribution is -0.00587. The van der Waals surface area contributed by atoms with Crippen LogP contribution in [-0.2, 0) is 10.8 Å². The zero-order chi connectivity index (χ0) is 21.1. The summed E-state index contributed by atoms with van der Waals surface area (Å²) in [5.41, 5.74) is 5.84. The average Bonchev–Trinajstić information content (AvgIpc) is 3.20. The number of aromatic nitrogens is 1. The summed E-state index contributed by atoms with van der Waals surface area (Å²) in [7, 11) is 3.25. The van der Waals surface area contributed by atoms with Crippen LogP contribution < -0.4 is 0 Å². The summed E-state index contributed by atoms with van der Waals surface area (Å²) < 4.78 is 2.85. The monoisotopic (exact) mass is 461 g/mol. The van der Waals surface area contributed by atoms with Crippen LogP contribution >= 0.6 is 16.5 Å². The summed E-state index contributed by atoms with van der Waals surface area (Å²) in [5, 5.41) is 1.93. The third kappa shape index (κ3) is 2.83. The molecule has 1 aromatic heterocycles. The van der Waals surface area contributed by atoms with E-state index < -0.39 is 0 Å². The Kier molecular flexibility index (Phi) is 4.13. The van der Waals surface area contributed by atoms with Crippen molar-refractivity contribution in [2.75, 3.05) is 0 Å². The van der Waals surface area contributed by atoms with Gasteiger partial charge in [-0.2, -0.15) is 0 Å². The zero-order valence-corrected chi connectivity index (χ0v) is 21.4. The summed E-state index contributed by atoms with van der Waals surface area (Å²) in [5.74, 6) is 6.25. The van der Waals surface area contributed by atoms with Crippen LogP contribution in [0, 0.1) is 42.4 Å². The fraction of sp³-hybridized carbons (Fsp3) is 0.724. The number of aryl methyl sites for hydroxylation is 1. The maximum absolute atomic E-state index is 2.85. The van der Waals surface area contributed by atoms with Crippen LogP contribution in [0.4, 0.5) is 0 Å². The Hall–Kier alpha value is -0.640. The standard InChI is InChI=1S/C29H37NP2/c1-18-2-4-25(5-3-18)30-26(28-12-19-6-20(13-28)8-21(7-19)14-28)31-27(32-30)29-15-22-9-23(16-29)11-24(10-22)17-29/h2-5,19-24H,6-17H2,1H3. The number of benzene rings is 1. The molecule has 3 heteroatoms. The Morgan fingerprint density at radius 3 is 1.56 bits per heavy atom. The van der Waals surface area contributed by atoms with Crippen LogP contribution in [0.15, 0.2) is 24.3 Å². The minimum absolute atomic E-state index is 0.526. The number of rotatable bonds is 3. The van der Waals surface area contributed by atoms with E-state index >= 15 is 0 Å². The highest BCUT2D eigenvalue weighted by Gasteiger charge is 2.56. The van der Waals surface area contributed by atoms with Crippen molar-refractivity contribution in [2.45, 2.75) is 94.8 Å². The van der Waals surface area contributed by atoms with Crippen molar-refractivity contribution in [1.29, 1.82) is 0 Å². The van der Waals surface area contributed by atoms with E-state index in [1.54, 1.807) is 55.1 Å². The summed E-state index contributed by atoms with van der Waals surface area (Å²) in [6.45, 7) is 2.24. The Balaban J connectivity index is 1.28. The van der Waals surface area contributed by atoms with Gasteiger partial charge in [0.25, 0.3) is 0 Å². The van der Waals surface area contributed by atoms with Crippen molar-refractivity contribution in [3.05, 3.63) is 40.3 Å². The van der Waals surface area contributed by atoms with Crippen LogP contribution in [0.3, 0.4) is 0 Å². The van der Waals surface area contributed by atoms with Gasteiger partial charge < -0.3 is 0 Å². The third-order valence-electron chi connectivity index (χ3n) is 10.9. The highest BCUT2D eigenvalue weighted by atomic mass is 31.1. The maximum atomic E-state index is 2.85. The van der Waals surface area contributed by atoms with Crippen LogP contribution in [0.1, 0.15) is 93.1 Å². The van der Waals surface area contributed by atoms with Gasteiger partial charge in [-0.3, -0.25) is 4.33 Å². The van der Waals surface area contributed by atoms with Gasteiger partial charge in [0.15, 0.2) is 0 Å². The lowest BCUT2D eigenvalue weighted by Gasteiger charge is -2.57. The molecule has 0 saturated heterocycles. The van der Waals surface area contributed by atoms with Crippen LogP contribution in [-0.4, -0.2) is 4.33 Å². The quantitative estimate of drug-likeness (QED) is 0.430. The number of nitrogens with zero attached hydrogens (tertiary/aromatic N) is 1. The van der Waals surface area contributed by atoms with E-state index in [0.717, 1.165) is 35.5 Å². The van der Waals surface area contributed by atoms with Gasteiger partial charge in [-0.15, -0.1) is 0 Å². The van der Waals surface area contributed by atoms with Gasteiger partial charge in [-0.05, 0) is 140 Å². The smallest absolute Gasteiger partial charge is 0.0608 e. The van der Waals surface area contributed by atoms with Crippen molar-refractivity contribution < 1.29 is 0 Å². The van der Waals surface area contributed by atoms with Crippen LogP contribution in [0.2, 0.25) is 0 Å². The number of hydrogen-bond acceptors (Lipinski definition) is 0. The summed E-state index contributed by atoms with van der Waals surface area (Å²) in [6, 6.07) is 9.56. The molecule has 0 atom stereocenters. The molecule has 0 spiro atoms. The van der Waals surface area contributed by atoms with Gasteiger partial charge >= 0.3 is 0 Å². The lowest BCUT2D eigenvalue weighted by atomic mass is 9.50. The van der Waals surface area contributed by atoms with Crippen molar-refractivity contribution in [2.24, 2.45) is 35.5 Å². The second-order valence-corrected chi connectivity index (χ2v) is 15.9. The van der Waals surface area contributed by atoms with Crippen molar-refractivity contribution in [3.63, 3.8) is 0 Å². The molecule has 0 aliphatic heterocycles. The molecule has 8 fully saturated rings. The van der Waals surface area contributed by atoms with E-state index in [2.05, 4.69) is 35.5 Å². The molecular formula is C29H37NP2. The van der Waals surface area contributed by atoms with E-state index in [4.69, 9.17) is 0 Å². The summed E-state index contributed by atoms with van der Waals surface area (Å²) >= 11 is 0. The molecule has 8 saturated carbocycles. The Bertz CT molecular complexity index is 993. The molecular weight excluding hydrogens is 424 g/mol. The second kappa shape index (κ2) is 6.73. The van der Waals surface area contributed by atoms with Gasteiger partial charge in [0.1, 0.15) is 0 Å². The first-order valence-electron chi connectivity index (χ1n) is 13.6. The highest BCUT2D eigenvalue weighted by Crippen LogP contribution is 2.67. The van der Waals surface area contributed by atoms with E-state index in [0.29, 0.717) is 10.8 Å². The average molecular weight is 462 g/mol. The predicted octanol–water partition coefficient (Wildman–Crippen LogP) is 8.88. The Morgan fingerprint density at radius 2 is 1.09 bits per heavy atom.